The van der Waals surface area contributed by atoms with Crippen molar-refractivity contribution in [3.05, 3.63) is 62.3 Å². The number of aromatic hydroxyl groups is 1. The Hall–Kier alpha value is -2.83. The van der Waals surface area contributed by atoms with Gasteiger partial charge in [0.1, 0.15) is 5.56 Å². The van der Waals surface area contributed by atoms with E-state index in [4.69, 9.17) is 0 Å². The van der Waals surface area contributed by atoms with E-state index in [1.807, 2.05) is 35.3 Å². The van der Waals surface area contributed by atoms with E-state index in [-0.39, 0.29) is 18.0 Å². The number of nitrogens with zero attached hydrogens (tertiary/aromatic N) is 3. The largest absolute Gasteiger partial charge is 0.494 e. The molecule has 1 aromatic heterocycles. The standard InChI is InChI=1S/C19H24N4O3/c1-14(21-22-11-7-2-3-8-12-22)16-17(24)20-19(26)23(18(16)25)13-15-9-5-4-6-10-15/h4-6,9-10,25H,2-3,7-8,11-13H2,1H3,(H,20,24,26)/b21-14+. The second kappa shape index (κ2) is 8.03. The van der Waals surface area contributed by atoms with Crippen molar-refractivity contribution in [1.29, 1.82) is 0 Å². The fourth-order valence-corrected chi connectivity index (χ4v) is 3.21. The third-order valence-electron chi connectivity index (χ3n) is 4.59. The second-order valence-electron chi connectivity index (χ2n) is 6.58. The maximum absolute atomic E-state index is 12.3. The van der Waals surface area contributed by atoms with Gasteiger partial charge in [0.15, 0.2) is 0 Å². The van der Waals surface area contributed by atoms with Gasteiger partial charge in [-0.1, -0.05) is 43.2 Å². The van der Waals surface area contributed by atoms with Gasteiger partial charge in [0.05, 0.1) is 12.3 Å². The molecule has 0 saturated carbocycles. The summed E-state index contributed by atoms with van der Waals surface area (Å²) in [7, 11) is 0. The van der Waals surface area contributed by atoms with Crippen LogP contribution < -0.4 is 11.2 Å². The second-order valence-corrected chi connectivity index (χ2v) is 6.58. The van der Waals surface area contributed by atoms with Crippen molar-refractivity contribution in [2.24, 2.45) is 5.10 Å². The van der Waals surface area contributed by atoms with Crippen molar-refractivity contribution in [2.75, 3.05) is 13.1 Å². The zero-order chi connectivity index (χ0) is 18.5. The van der Waals surface area contributed by atoms with Crippen LogP contribution in [0, 0.1) is 0 Å². The molecule has 0 spiro atoms. The molecule has 0 atom stereocenters. The Morgan fingerprint density at radius 3 is 2.42 bits per heavy atom. The molecule has 1 aliphatic heterocycles. The molecule has 138 valence electrons. The van der Waals surface area contributed by atoms with Gasteiger partial charge in [-0.25, -0.2) is 4.79 Å². The molecule has 0 bridgehead atoms. The van der Waals surface area contributed by atoms with Crippen molar-refractivity contribution in [2.45, 2.75) is 39.2 Å². The molecule has 3 rings (SSSR count). The lowest BCUT2D eigenvalue weighted by Gasteiger charge is -2.18. The fraction of sp³-hybridized carbons (Fsp3) is 0.421. The molecule has 2 aromatic rings. The first-order chi connectivity index (χ1) is 12.6. The van der Waals surface area contributed by atoms with E-state index >= 15 is 0 Å². The van der Waals surface area contributed by atoms with Crippen molar-refractivity contribution >= 4 is 5.71 Å². The lowest BCUT2D eigenvalue weighted by Crippen LogP contribution is -2.34. The van der Waals surface area contributed by atoms with E-state index in [2.05, 4.69) is 10.1 Å². The number of H-pyrrole nitrogens is 1. The Morgan fingerprint density at radius 2 is 1.77 bits per heavy atom. The van der Waals surface area contributed by atoms with Crippen LogP contribution in [0.2, 0.25) is 0 Å². The topological polar surface area (TPSA) is 90.7 Å². The van der Waals surface area contributed by atoms with Crippen LogP contribution in [0.4, 0.5) is 0 Å². The Morgan fingerprint density at radius 1 is 1.12 bits per heavy atom. The molecule has 0 unspecified atom stereocenters. The molecule has 26 heavy (non-hydrogen) atoms. The highest BCUT2D eigenvalue weighted by atomic mass is 16.3. The predicted molar refractivity (Wildman–Crippen MR) is 101 cm³/mol. The van der Waals surface area contributed by atoms with E-state index in [0.717, 1.165) is 36.1 Å². The van der Waals surface area contributed by atoms with Gasteiger partial charge in [0, 0.05) is 13.1 Å². The Kier molecular flexibility index (Phi) is 5.55. The summed E-state index contributed by atoms with van der Waals surface area (Å²) in [5, 5.41) is 17.1. The lowest BCUT2D eigenvalue weighted by atomic mass is 10.2. The van der Waals surface area contributed by atoms with E-state index in [1.165, 1.54) is 12.8 Å². The summed E-state index contributed by atoms with van der Waals surface area (Å²) in [6, 6.07) is 9.30. The molecular weight excluding hydrogens is 332 g/mol. The number of rotatable bonds is 4. The SMILES string of the molecule is C/C(=N\N1CCCCCC1)c1c(O)n(Cc2ccccc2)c(=O)[nH]c1=O. The average Bonchev–Trinajstić information content (AvgIpc) is 2.88. The van der Waals surface area contributed by atoms with Crippen LogP contribution in [0.25, 0.3) is 0 Å². The molecule has 1 aromatic carbocycles. The summed E-state index contributed by atoms with van der Waals surface area (Å²) in [6.45, 7) is 3.53. The summed E-state index contributed by atoms with van der Waals surface area (Å²) in [6.07, 6.45) is 4.48. The van der Waals surface area contributed by atoms with E-state index < -0.39 is 11.2 Å². The summed E-state index contributed by atoms with van der Waals surface area (Å²) >= 11 is 0. The van der Waals surface area contributed by atoms with E-state index in [1.54, 1.807) is 6.92 Å². The van der Waals surface area contributed by atoms with Crippen LogP contribution in [-0.4, -0.2) is 38.5 Å². The van der Waals surface area contributed by atoms with Gasteiger partial charge in [0.2, 0.25) is 5.88 Å². The minimum atomic E-state index is -0.636. The molecule has 0 aliphatic carbocycles. The van der Waals surface area contributed by atoms with Crippen LogP contribution in [0.5, 0.6) is 5.88 Å². The molecule has 7 nitrogen and oxygen atoms in total. The third kappa shape index (κ3) is 4.04. The van der Waals surface area contributed by atoms with Crippen molar-refractivity contribution in [1.82, 2.24) is 14.6 Å². The number of nitrogens with one attached hydrogen (secondary N) is 1. The molecule has 1 aliphatic rings. The van der Waals surface area contributed by atoms with Crippen LogP contribution in [0.3, 0.4) is 0 Å². The van der Waals surface area contributed by atoms with Gasteiger partial charge in [-0.15, -0.1) is 0 Å². The monoisotopic (exact) mass is 356 g/mol. The van der Waals surface area contributed by atoms with Crippen LogP contribution in [-0.2, 0) is 6.54 Å². The van der Waals surface area contributed by atoms with Crippen LogP contribution in [0.15, 0.2) is 45.0 Å². The minimum absolute atomic E-state index is 0.0461. The van der Waals surface area contributed by atoms with Crippen molar-refractivity contribution in [3.63, 3.8) is 0 Å². The van der Waals surface area contributed by atoms with Crippen LogP contribution >= 0.6 is 0 Å². The van der Waals surface area contributed by atoms with E-state index in [0.29, 0.717) is 5.71 Å². The highest BCUT2D eigenvalue weighted by Gasteiger charge is 2.18. The number of aromatic amines is 1. The lowest BCUT2D eigenvalue weighted by molar-refractivity contribution is 0.300. The number of hydrogen-bond donors (Lipinski definition) is 2. The molecule has 2 N–H and O–H groups in total. The maximum atomic E-state index is 12.3. The minimum Gasteiger partial charge on any atom is -0.494 e. The first-order valence-corrected chi connectivity index (χ1v) is 8.97. The van der Waals surface area contributed by atoms with Crippen molar-refractivity contribution < 1.29 is 5.11 Å². The number of hydrogen-bond acceptors (Lipinski definition) is 5. The van der Waals surface area contributed by atoms with Gasteiger partial charge < -0.3 is 5.11 Å². The van der Waals surface area contributed by atoms with E-state index in [9.17, 15) is 14.7 Å². The first-order valence-electron chi connectivity index (χ1n) is 8.97. The molecule has 1 fully saturated rings. The molecule has 2 heterocycles. The van der Waals surface area contributed by atoms with Crippen LogP contribution in [0.1, 0.15) is 43.7 Å². The smallest absolute Gasteiger partial charge is 0.331 e. The molecule has 1 saturated heterocycles. The molecule has 0 radical (unpaired) electrons. The van der Waals surface area contributed by atoms with Gasteiger partial charge in [0.25, 0.3) is 5.56 Å². The quantitative estimate of drug-likeness (QED) is 0.819. The number of benzene rings is 1. The maximum Gasteiger partial charge on any atom is 0.331 e. The average molecular weight is 356 g/mol. The fourth-order valence-electron chi connectivity index (χ4n) is 3.21. The normalized spacial score (nSPS) is 15.7. The highest BCUT2D eigenvalue weighted by Crippen LogP contribution is 2.15. The summed E-state index contributed by atoms with van der Waals surface area (Å²) in [4.78, 5) is 26.8. The first kappa shape index (κ1) is 18.0. The Bertz CT molecular complexity index is 891. The third-order valence-corrected chi connectivity index (χ3v) is 4.59. The number of hydrazone groups is 1. The van der Waals surface area contributed by atoms with Crippen molar-refractivity contribution in [3.8, 4) is 5.88 Å². The van der Waals surface area contributed by atoms with Gasteiger partial charge in [-0.3, -0.25) is 19.4 Å². The zero-order valence-corrected chi connectivity index (χ0v) is 14.9. The Balaban J connectivity index is 1.97. The summed E-state index contributed by atoms with van der Waals surface area (Å²) in [5.41, 5.74) is 0.0535. The predicted octanol–water partition coefficient (Wildman–Crippen LogP) is 1.89. The Labute approximate surface area is 151 Å². The zero-order valence-electron chi connectivity index (χ0n) is 14.9. The highest BCUT2D eigenvalue weighted by molar-refractivity contribution is 6.00. The molecule has 0 amide bonds. The summed E-state index contributed by atoms with van der Waals surface area (Å²) < 4.78 is 1.16. The van der Waals surface area contributed by atoms with Gasteiger partial charge >= 0.3 is 5.69 Å². The van der Waals surface area contributed by atoms with Gasteiger partial charge in [-0.2, -0.15) is 5.10 Å². The molecular formula is C19H24N4O3. The molecule has 7 heteroatoms. The van der Waals surface area contributed by atoms with Gasteiger partial charge in [-0.05, 0) is 25.3 Å². The summed E-state index contributed by atoms with van der Waals surface area (Å²) in [5.74, 6) is -0.348. The number of aromatic nitrogens is 2.